The number of methoxy groups -OCH3 is 1. The monoisotopic (exact) mass is 407 g/mol. The van der Waals surface area contributed by atoms with E-state index in [9.17, 15) is 9.59 Å². The minimum atomic E-state index is -0.603. The van der Waals surface area contributed by atoms with Crippen molar-refractivity contribution in [3.8, 4) is 16.9 Å². The molecule has 0 saturated heterocycles. The summed E-state index contributed by atoms with van der Waals surface area (Å²) >= 11 is 0. The zero-order chi connectivity index (χ0) is 21.5. The quantitative estimate of drug-likeness (QED) is 0.458. The van der Waals surface area contributed by atoms with Crippen LogP contribution in [-0.4, -0.2) is 48.5 Å². The molecule has 1 heterocycles. The lowest BCUT2D eigenvalue weighted by molar-refractivity contribution is -0.124. The Morgan fingerprint density at radius 1 is 1.10 bits per heavy atom. The molecule has 2 aromatic carbocycles. The molecule has 0 aliphatic carbocycles. The Bertz CT molecular complexity index is 1030. The normalized spacial score (nSPS) is 10.6. The minimum Gasteiger partial charge on any atom is -0.452 e. The fourth-order valence-corrected chi connectivity index (χ4v) is 3.07. The fraction of sp³-hybridized carbons (Fsp3) is 0.261. The van der Waals surface area contributed by atoms with E-state index in [4.69, 9.17) is 9.47 Å². The second kappa shape index (κ2) is 9.84. The summed E-state index contributed by atoms with van der Waals surface area (Å²) in [6.07, 6.45) is 1.63. The number of nitrogens with one attached hydrogen (secondary N) is 1. The number of esters is 1. The molecular weight excluding hydrogens is 382 g/mol. The van der Waals surface area contributed by atoms with Crippen LogP contribution in [0.5, 0.6) is 0 Å². The molecule has 0 radical (unpaired) electrons. The number of aromatic nitrogens is 2. The molecule has 156 valence electrons. The maximum Gasteiger partial charge on any atom is 0.342 e. The van der Waals surface area contributed by atoms with E-state index in [0.29, 0.717) is 24.4 Å². The van der Waals surface area contributed by atoms with Gasteiger partial charge in [-0.05, 0) is 31.5 Å². The topological polar surface area (TPSA) is 82.5 Å². The van der Waals surface area contributed by atoms with Gasteiger partial charge < -0.3 is 14.8 Å². The summed E-state index contributed by atoms with van der Waals surface area (Å²) in [7, 11) is 1.55. The zero-order valence-electron chi connectivity index (χ0n) is 17.3. The van der Waals surface area contributed by atoms with Gasteiger partial charge >= 0.3 is 5.97 Å². The van der Waals surface area contributed by atoms with E-state index >= 15 is 0 Å². The SMILES string of the molecule is COCCNC(=O)COC(=O)c1cn(-c2ccccc2)nc1-c1ccc(C)cc1C. The number of carbonyl (C=O) groups is 2. The van der Waals surface area contributed by atoms with Gasteiger partial charge in [-0.2, -0.15) is 5.10 Å². The third-order valence-electron chi connectivity index (χ3n) is 4.55. The van der Waals surface area contributed by atoms with Crippen molar-refractivity contribution in [2.24, 2.45) is 0 Å². The van der Waals surface area contributed by atoms with Crippen molar-refractivity contribution in [3.05, 3.63) is 71.4 Å². The van der Waals surface area contributed by atoms with Crippen LogP contribution in [0.3, 0.4) is 0 Å². The van der Waals surface area contributed by atoms with Crippen LogP contribution in [0.4, 0.5) is 0 Å². The van der Waals surface area contributed by atoms with E-state index in [2.05, 4.69) is 10.4 Å². The maximum atomic E-state index is 12.8. The van der Waals surface area contributed by atoms with Crippen LogP contribution in [0.2, 0.25) is 0 Å². The van der Waals surface area contributed by atoms with E-state index in [1.165, 1.54) is 0 Å². The van der Waals surface area contributed by atoms with Crippen LogP contribution in [-0.2, 0) is 14.3 Å². The molecule has 0 aliphatic heterocycles. The lowest BCUT2D eigenvalue weighted by atomic mass is 10.0. The van der Waals surface area contributed by atoms with E-state index in [1.54, 1.807) is 18.0 Å². The molecule has 3 aromatic rings. The van der Waals surface area contributed by atoms with E-state index in [1.807, 2.05) is 62.4 Å². The number of hydrogen-bond donors (Lipinski definition) is 1. The van der Waals surface area contributed by atoms with Gasteiger partial charge in [0.25, 0.3) is 5.91 Å². The van der Waals surface area contributed by atoms with Crippen molar-refractivity contribution < 1.29 is 19.1 Å². The lowest BCUT2D eigenvalue weighted by Crippen LogP contribution is -2.31. The zero-order valence-corrected chi connectivity index (χ0v) is 17.3. The summed E-state index contributed by atoms with van der Waals surface area (Å²) in [6.45, 7) is 4.36. The first-order valence-corrected chi connectivity index (χ1v) is 9.65. The van der Waals surface area contributed by atoms with E-state index in [-0.39, 0.29) is 12.5 Å². The Labute approximate surface area is 175 Å². The van der Waals surface area contributed by atoms with Crippen molar-refractivity contribution in [3.63, 3.8) is 0 Å². The van der Waals surface area contributed by atoms with Gasteiger partial charge in [0.05, 0.1) is 12.3 Å². The second-order valence-electron chi connectivity index (χ2n) is 6.91. The number of aryl methyl sites for hydroxylation is 2. The fourth-order valence-electron chi connectivity index (χ4n) is 3.07. The molecule has 0 unspecified atom stereocenters. The second-order valence-corrected chi connectivity index (χ2v) is 6.91. The highest BCUT2D eigenvalue weighted by atomic mass is 16.5. The summed E-state index contributed by atoms with van der Waals surface area (Å²) < 4.78 is 11.8. The Morgan fingerprint density at radius 2 is 1.87 bits per heavy atom. The number of amides is 1. The predicted molar refractivity (Wildman–Crippen MR) is 114 cm³/mol. The van der Waals surface area contributed by atoms with Crippen molar-refractivity contribution in [1.29, 1.82) is 0 Å². The average molecular weight is 407 g/mol. The smallest absolute Gasteiger partial charge is 0.342 e. The van der Waals surface area contributed by atoms with Gasteiger partial charge in [0, 0.05) is 25.4 Å². The molecule has 7 heteroatoms. The molecule has 0 aliphatic rings. The lowest BCUT2D eigenvalue weighted by Gasteiger charge is -2.08. The number of benzene rings is 2. The minimum absolute atomic E-state index is 0.301. The number of ether oxygens (including phenoxy) is 2. The van der Waals surface area contributed by atoms with Crippen LogP contribution in [0.1, 0.15) is 21.5 Å². The summed E-state index contributed by atoms with van der Waals surface area (Å²) in [6, 6.07) is 15.5. The number of rotatable bonds is 8. The third kappa shape index (κ3) is 5.12. The van der Waals surface area contributed by atoms with Crippen LogP contribution in [0.15, 0.2) is 54.7 Å². The van der Waals surface area contributed by atoms with Gasteiger partial charge in [-0.1, -0.05) is 42.0 Å². The first-order chi connectivity index (χ1) is 14.5. The first-order valence-electron chi connectivity index (χ1n) is 9.65. The van der Waals surface area contributed by atoms with Crippen LogP contribution in [0.25, 0.3) is 16.9 Å². The molecule has 0 saturated carbocycles. The van der Waals surface area contributed by atoms with Crippen LogP contribution < -0.4 is 5.32 Å². The van der Waals surface area contributed by atoms with Gasteiger partial charge in [0.15, 0.2) is 6.61 Å². The molecular formula is C23H25N3O4. The van der Waals surface area contributed by atoms with Crippen LogP contribution in [0, 0.1) is 13.8 Å². The van der Waals surface area contributed by atoms with Crippen molar-refractivity contribution >= 4 is 11.9 Å². The summed E-state index contributed by atoms with van der Waals surface area (Å²) in [4.78, 5) is 24.7. The molecule has 0 spiro atoms. The highest BCUT2D eigenvalue weighted by Gasteiger charge is 2.22. The highest BCUT2D eigenvalue weighted by Crippen LogP contribution is 2.28. The molecule has 1 aromatic heterocycles. The number of para-hydroxylation sites is 1. The molecule has 0 atom stereocenters. The predicted octanol–water partition coefficient (Wildman–Crippen LogP) is 3.08. The Balaban J connectivity index is 1.89. The van der Waals surface area contributed by atoms with Crippen molar-refractivity contribution in [2.45, 2.75) is 13.8 Å². The Morgan fingerprint density at radius 3 is 2.57 bits per heavy atom. The number of hydrogen-bond acceptors (Lipinski definition) is 5. The van der Waals surface area contributed by atoms with E-state index in [0.717, 1.165) is 22.4 Å². The number of carbonyl (C=O) groups excluding carboxylic acids is 2. The molecule has 3 rings (SSSR count). The summed E-state index contributed by atoms with van der Waals surface area (Å²) in [5.41, 5.74) is 4.60. The standard InChI is InChI=1S/C23H25N3O4/c1-16-9-10-19(17(2)13-16)22-20(14-26(25-22)18-7-5-4-6-8-18)23(28)30-15-21(27)24-11-12-29-3/h4-10,13-14H,11-12,15H2,1-3H3,(H,24,27). The molecule has 1 N–H and O–H groups in total. The van der Waals surface area contributed by atoms with Gasteiger partial charge in [-0.15, -0.1) is 0 Å². The Hall–Kier alpha value is -3.45. The third-order valence-corrected chi connectivity index (χ3v) is 4.55. The van der Waals surface area contributed by atoms with Crippen molar-refractivity contribution in [2.75, 3.05) is 26.9 Å². The molecule has 0 fully saturated rings. The van der Waals surface area contributed by atoms with Gasteiger partial charge in [-0.25, -0.2) is 9.48 Å². The van der Waals surface area contributed by atoms with E-state index < -0.39 is 5.97 Å². The van der Waals surface area contributed by atoms with Gasteiger partial charge in [-0.3, -0.25) is 4.79 Å². The first kappa shape index (κ1) is 21.3. The molecule has 1 amide bonds. The summed E-state index contributed by atoms with van der Waals surface area (Å²) in [5.74, 6) is -0.988. The van der Waals surface area contributed by atoms with Gasteiger partial charge in [0.2, 0.25) is 0 Å². The average Bonchev–Trinajstić information content (AvgIpc) is 3.18. The number of nitrogens with zero attached hydrogens (tertiary/aromatic N) is 2. The Kier molecular flexibility index (Phi) is 6.98. The molecule has 7 nitrogen and oxygen atoms in total. The highest BCUT2D eigenvalue weighted by molar-refractivity contribution is 5.97. The largest absolute Gasteiger partial charge is 0.452 e. The summed E-state index contributed by atoms with van der Waals surface area (Å²) in [5, 5.41) is 7.27. The molecule has 0 bridgehead atoms. The molecule has 30 heavy (non-hydrogen) atoms. The maximum absolute atomic E-state index is 12.8. The van der Waals surface area contributed by atoms with Crippen LogP contribution >= 0.6 is 0 Å². The van der Waals surface area contributed by atoms with Crippen molar-refractivity contribution in [1.82, 2.24) is 15.1 Å². The van der Waals surface area contributed by atoms with Gasteiger partial charge in [0.1, 0.15) is 11.3 Å².